The van der Waals surface area contributed by atoms with E-state index in [4.69, 9.17) is 10.5 Å². The number of methoxy groups -OCH3 is 1. The Kier molecular flexibility index (Phi) is 4.71. The second kappa shape index (κ2) is 5.83. The molecule has 17 heavy (non-hydrogen) atoms. The lowest BCUT2D eigenvalue weighted by Crippen LogP contribution is -2.24. The fraction of sp³-hybridized carbons (Fsp3) is 0.500. The van der Waals surface area contributed by atoms with Gasteiger partial charge in [-0.05, 0) is 12.1 Å². The van der Waals surface area contributed by atoms with Crippen LogP contribution in [-0.2, 0) is 4.74 Å². The van der Waals surface area contributed by atoms with Crippen molar-refractivity contribution in [3.63, 3.8) is 0 Å². The van der Waals surface area contributed by atoms with Gasteiger partial charge in [0.25, 0.3) is 0 Å². The number of halogens is 3. The van der Waals surface area contributed by atoms with Crippen LogP contribution in [0.4, 0.5) is 13.2 Å². The van der Waals surface area contributed by atoms with Gasteiger partial charge in [0, 0.05) is 6.20 Å². The van der Waals surface area contributed by atoms with Gasteiger partial charge in [0.15, 0.2) is 0 Å². The molecule has 1 unspecified atom stereocenters. The number of aromatic nitrogens is 1. The molecule has 1 rings (SSSR count). The first kappa shape index (κ1) is 13.7. The molecule has 1 aromatic rings. The third-order valence-corrected chi connectivity index (χ3v) is 1.93. The summed E-state index contributed by atoms with van der Waals surface area (Å²) in [6.45, 7) is -1.59. The molecule has 4 nitrogen and oxygen atoms in total. The van der Waals surface area contributed by atoms with Gasteiger partial charge < -0.3 is 15.2 Å². The predicted molar refractivity (Wildman–Crippen MR) is 54.6 cm³/mol. The molecule has 0 saturated carbocycles. The van der Waals surface area contributed by atoms with E-state index >= 15 is 0 Å². The SMILES string of the molecule is COc1cccnc1C(N)COCC(F)(F)F. The first-order valence-electron chi connectivity index (χ1n) is 4.83. The molecule has 0 aromatic carbocycles. The van der Waals surface area contributed by atoms with E-state index in [2.05, 4.69) is 9.72 Å². The van der Waals surface area contributed by atoms with Crippen molar-refractivity contribution in [3.05, 3.63) is 24.0 Å². The van der Waals surface area contributed by atoms with E-state index in [0.29, 0.717) is 11.4 Å². The van der Waals surface area contributed by atoms with Gasteiger partial charge in [-0.3, -0.25) is 4.98 Å². The summed E-state index contributed by atoms with van der Waals surface area (Å²) in [6, 6.07) is 2.52. The van der Waals surface area contributed by atoms with Crippen molar-refractivity contribution >= 4 is 0 Å². The lowest BCUT2D eigenvalue weighted by atomic mass is 10.2. The number of rotatable bonds is 5. The Morgan fingerprint density at radius 3 is 2.76 bits per heavy atom. The van der Waals surface area contributed by atoms with Crippen LogP contribution in [0.3, 0.4) is 0 Å². The molecule has 7 heteroatoms. The molecule has 0 amide bonds. The van der Waals surface area contributed by atoms with Gasteiger partial charge in [0.1, 0.15) is 18.1 Å². The third-order valence-electron chi connectivity index (χ3n) is 1.93. The van der Waals surface area contributed by atoms with Crippen molar-refractivity contribution in [1.82, 2.24) is 4.98 Å². The van der Waals surface area contributed by atoms with Crippen LogP contribution in [0.2, 0.25) is 0 Å². The summed E-state index contributed by atoms with van der Waals surface area (Å²) in [5.41, 5.74) is 6.04. The quantitative estimate of drug-likeness (QED) is 0.863. The van der Waals surface area contributed by atoms with Crippen LogP contribution in [0.1, 0.15) is 11.7 Å². The molecular weight excluding hydrogens is 237 g/mol. The Morgan fingerprint density at radius 1 is 1.47 bits per heavy atom. The zero-order valence-corrected chi connectivity index (χ0v) is 9.20. The van der Waals surface area contributed by atoms with Gasteiger partial charge >= 0.3 is 6.18 Å². The number of hydrogen-bond acceptors (Lipinski definition) is 4. The smallest absolute Gasteiger partial charge is 0.411 e. The van der Waals surface area contributed by atoms with Crippen LogP contribution in [0.5, 0.6) is 5.75 Å². The molecular formula is C10H13F3N2O2. The zero-order valence-electron chi connectivity index (χ0n) is 9.20. The minimum Gasteiger partial charge on any atom is -0.495 e. The zero-order chi connectivity index (χ0) is 12.9. The number of pyridine rings is 1. The number of hydrogen-bond donors (Lipinski definition) is 1. The molecule has 0 aliphatic carbocycles. The van der Waals surface area contributed by atoms with Crippen LogP contribution < -0.4 is 10.5 Å². The highest BCUT2D eigenvalue weighted by Gasteiger charge is 2.28. The van der Waals surface area contributed by atoms with Gasteiger partial charge in [-0.1, -0.05) is 0 Å². The fourth-order valence-corrected chi connectivity index (χ4v) is 1.23. The van der Waals surface area contributed by atoms with Gasteiger partial charge in [-0.2, -0.15) is 13.2 Å². The third kappa shape index (κ3) is 4.58. The minimum absolute atomic E-state index is 0.271. The van der Waals surface area contributed by atoms with E-state index in [1.165, 1.54) is 13.3 Å². The molecule has 0 radical (unpaired) electrons. The summed E-state index contributed by atoms with van der Waals surface area (Å²) in [4.78, 5) is 3.95. The van der Waals surface area contributed by atoms with E-state index in [9.17, 15) is 13.2 Å². The Labute approximate surface area is 96.5 Å². The number of nitrogens with two attached hydrogens (primary N) is 1. The average molecular weight is 250 g/mol. The molecule has 0 bridgehead atoms. The van der Waals surface area contributed by atoms with Gasteiger partial charge in [0.2, 0.25) is 0 Å². The lowest BCUT2D eigenvalue weighted by Gasteiger charge is -2.15. The van der Waals surface area contributed by atoms with Crippen LogP contribution >= 0.6 is 0 Å². The van der Waals surface area contributed by atoms with Gasteiger partial charge in [0.05, 0.1) is 19.8 Å². The van der Waals surface area contributed by atoms with Gasteiger partial charge in [-0.15, -0.1) is 0 Å². The highest BCUT2D eigenvalue weighted by atomic mass is 19.4. The number of nitrogens with zero attached hydrogens (tertiary/aromatic N) is 1. The van der Waals surface area contributed by atoms with Crippen molar-refractivity contribution in [2.45, 2.75) is 12.2 Å². The number of alkyl halides is 3. The minimum atomic E-state index is -4.35. The van der Waals surface area contributed by atoms with Crippen LogP contribution in [0.25, 0.3) is 0 Å². The highest BCUT2D eigenvalue weighted by molar-refractivity contribution is 5.29. The molecule has 0 aliphatic rings. The fourth-order valence-electron chi connectivity index (χ4n) is 1.23. The number of ether oxygens (including phenoxy) is 2. The maximum atomic E-state index is 11.8. The Balaban J connectivity index is 2.55. The molecule has 0 fully saturated rings. The summed E-state index contributed by atoms with van der Waals surface area (Å²) >= 11 is 0. The monoisotopic (exact) mass is 250 g/mol. The Bertz CT molecular complexity index is 358. The molecule has 1 heterocycles. The Morgan fingerprint density at radius 2 is 2.18 bits per heavy atom. The van der Waals surface area contributed by atoms with Crippen molar-refractivity contribution in [2.75, 3.05) is 20.3 Å². The van der Waals surface area contributed by atoms with Crippen molar-refractivity contribution < 1.29 is 22.6 Å². The van der Waals surface area contributed by atoms with Crippen LogP contribution in [0.15, 0.2) is 18.3 Å². The van der Waals surface area contributed by atoms with E-state index in [1.807, 2.05) is 0 Å². The van der Waals surface area contributed by atoms with Crippen molar-refractivity contribution in [3.8, 4) is 5.75 Å². The van der Waals surface area contributed by atoms with Crippen LogP contribution in [-0.4, -0.2) is 31.5 Å². The van der Waals surface area contributed by atoms with E-state index in [0.717, 1.165) is 0 Å². The molecule has 1 atom stereocenters. The summed E-state index contributed by atoms with van der Waals surface area (Å²) in [5.74, 6) is 0.426. The first-order chi connectivity index (χ1) is 7.94. The largest absolute Gasteiger partial charge is 0.495 e. The summed E-state index contributed by atoms with van der Waals surface area (Å²) in [5, 5.41) is 0. The maximum Gasteiger partial charge on any atom is 0.411 e. The molecule has 96 valence electrons. The summed E-state index contributed by atoms with van der Waals surface area (Å²) in [7, 11) is 1.43. The van der Waals surface area contributed by atoms with Crippen molar-refractivity contribution in [1.29, 1.82) is 0 Å². The molecule has 1 aromatic heterocycles. The maximum absolute atomic E-state index is 11.8. The first-order valence-corrected chi connectivity index (χ1v) is 4.83. The highest BCUT2D eigenvalue weighted by Crippen LogP contribution is 2.21. The summed E-state index contributed by atoms with van der Waals surface area (Å²) < 4.78 is 45.0. The van der Waals surface area contributed by atoms with Crippen LogP contribution in [0, 0.1) is 0 Å². The summed E-state index contributed by atoms with van der Waals surface area (Å²) in [6.07, 6.45) is -2.87. The normalized spacial score (nSPS) is 13.5. The topological polar surface area (TPSA) is 57.4 Å². The van der Waals surface area contributed by atoms with Gasteiger partial charge in [-0.25, -0.2) is 0 Å². The lowest BCUT2D eigenvalue weighted by molar-refractivity contribution is -0.174. The average Bonchev–Trinajstić information content (AvgIpc) is 2.27. The predicted octanol–water partition coefficient (Wildman–Crippen LogP) is 1.67. The van der Waals surface area contributed by atoms with E-state index in [-0.39, 0.29) is 6.61 Å². The molecule has 0 saturated heterocycles. The molecule has 0 spiro atoms. The standard InChI is InChI=1S/C10H13F3N2O2/c1-16-8-3-2-4-15-9(8)7(14)5-17-6-10(11,12)13/h2-4,7H,5-6,14H2,1H3. The Hall–Kier alpha value is -1.34. The second-order valence-electron chi connectivity index (χ2n) is 3.33. The van der Waals surface area contributed by atoms with E-state index in [1.54, 1.807) is 12.1 Å². The van der Waals surface area contributed by atoms with Crippen molar-refractivity contribution in [2.24, 2.45) is 5.73 Å². The molecule has 2 N–H and O–H groups in total. The van der Waals surface area contributed by atoms with E-state index < -0.39 is 18.8 Å². The second-order valence-corrected chi connectivity index (χ2v) is 3.33. The molecule has 0 aliphatic heterocycles.